The number of halogens is 1. The maximum atomic E-state index is 13.1. The van der Waals surface area contributed by atoms with Crippen LogP contribution >= 0.6 is 11.6 Å². The molecule has 1 heterocycles. The van der Waals surface area contributed by atoms with Crippen molar-refractivity contribution in [2.24, 2.45) is 0 Å². The van der Waals surface area contributed by atoms with Gasteiger partial charge in [-0.1, -0.05) is 23.7 Å². The van der Waals surface area contributed by atoms with E-state index in [1.807, 2.05) is 13.8 Å². The van der Waals surface area contributed by atoms with E-state index >= 15 is 0 Å². The highest BCUT2D eigenvalue weighted by Crippen LogP contribution is 2.36. The minimum Gasteiger partial charge on any atom is -0.478 e. The van der Waals surface area contributed by atoms with E-state index in [9.17, 15) is 18.0 Å². The number of nitrogens with zero attached hydrogens (tertiary/aromatic N) is 2. The molecule has 2 aromatic carbocycles. The summed E-state index contributed by atoms with van der Waals surface area (Å²) in [5, 5.41) is 3.14. The maximum Gasteiger partial charge on any atom is 0.265 e. The molecule has 1 atom stereocenters. The van der Waals surface area contributed by atoms with E-state index in [1.165, 1.54) is 10.4 Å². The lowest BCUT2D eigenvalue weighted by Gasteiger charge is -2.21. The number of ether oxygens (including phenoxy) is 1. The molecule has 0 saturated heterocycles. The Balaban J connectivity index is 1.87. The Hall–Kier alpha value is -2.78. The Morgan fingerprint density at radius 1 is 1.19 bits per heavy atom. The number of hydrogen-bond donors (Lipinski definition) is 1. The van der Waals surface area contributed by atoms with Crippen molar-refractivity contribution in [3.05, 3.63) is 53.1 Å². The van der Waals surface area contributed by atoms with Crippen molar-refractivity contribution < 1.29 is 22.7 Å². The molecule has 2 amide bonds. The average Bonchev–Trinajstić information content (AvgIpc) is 2.94. The standard InChI is InChI=1S/C22H26ClN3O5S/c1-4-25(5-2)22(28)16-8-6-7-9-17(16)24-21(27)20-12-13-26(32(3,29)30)18-14-15(23)10-11-19(18)31-20/h6-11,14,20H,4-5,12-13H2,1-3H3,(H,24,27)/t20-/m0/s1. The van der Waals surface area contributed by atoms with Gasteiger partial charge in [-0.25, -0.2) is 8.42 Å². The van der Waals surface area contributed by atoms with Crippen LogP contribution in [0, 0.1) is 0 Å². The van der Waals surface area contributed by atoms with Gasteiger partial charge in [0.25, 0.3) is 11.8 Å². The van der Waals surface area contributed by atoms with Gasteiger partial charge in [-0.3, -0.25) is 13.9 Å². The molecule has 0 aliphatic carbocycles. The van der Waals surface area contributed by atoms with Crippen LogP contribution in [0.5, 0.6) is 5.75 Å². The Labute approximate surface area is 193 Å². The zero-order valence-electron chi connectivity index (χ0n) is 18.2. The summed E-state index contributed by atoms with van der Waals surface area (Å²) in [5.74, 6) is -0.415. The second kappa shape index (κ2) is 9.79. The number of amides is 2. The molecule has 0 aromatic heterocycles. The molecule has 8 nitrogen and oxygen atoms in total. The van der Waals surface area contributed by atoms with Crippen molar-refractivity contribution in [1.82, 2.24) is 4.90 Å². The van der Waals surface area contributed by atoms with E-state index in [1.54, 1.807) is 41.3 Å². The number of para-hydroxylation sites is 1. The van der Waals surface area contributed by atoms with E-state index in [0.29, 0.717) is 29.4 Å². The Bertz CT molecular complexity index is 1120. The third-order valence-electron chi connectivity index (χ3n) is 5.21. The molecule has 172 valence electrons. The molecule has 2 aromatic rings. The van der Waals surface area contributed by atoms with E-state index in [-0.39, 0.29) is 30.3 Å². The van der Waals surface area contributed by atoms with Gasteiger partial charge in [-0.15, -0.1) is 0 Å². The van der Waals surface area contributed by atoms with Crippen LogP contribution in [0.1, 0.15) is 30.6 Å². The lowest BCUT2D eigenvalue weighted by molar-refractivity contribution is -0.122. The van der Waals surface area contributed by atoms with Crippen LogP contribution in [0.2, 0.25) is 5.02 Å². The molecular weight excluding hydrogens is 454 g/mol. The normalized spacial score (nSPS) is 15.9. The Kier molecular flexibility index (Phi) is 7.30. The van der Waals surface area contributed by atoms with Crippen molar-refractivity contribution in [2.75, 3.05) is 35.5 Å². The first-order valence-corrected chi connectivity index (χ1v) is 12.5. The number of sulfonamides is 1. The van der Waals surface area contributed by atoms with Crippen LogP contribution in [-0.4, -0.2) is 57.1 Å². The maximum absolute atomic E-state index is 13.1. The summed E-state index contributed by atoms with van der Waals surface area (Å²) in [6.45, 7) is 4.91. The van der Waals surface area contributed by atoms with Crippen LogP contribution < -0.4 is 14.4 Å². The monoisotopic (exact) mass is 479 g/mol. The van der Waals surface area contributed by atoms with Crippen molar-refractivity contribution in [3.63, 3.8) is 0 Å². The van der Waals surface area contributed by atoms with Gasteiger partial charge in [-0.2, -0.15) is 0 Å². The first-order valence-electron chi connectivity index (χ1n) is 10.3. The molecule has 1 aliphatic heterocycles. The fraction of sp³-hybridized carbons (Fsp3) is 0.364. The lowest BCUT2D eigenvalue weighted by Crippen LogP contribution is -2.36. The first-order chi connectivity index (χ1) is 15.2. The SMILES string of the molecule is CCN(CC)C(=O)c1ccccc1NC(=O)[C@@H]1CCN(S(C)(=O)=O)c2cc(Cl)ccc2O1. The molecule has 10 heteroatoms. The van der Waals surface area contributed by atoms with E-state index in [4.69, 9.17) is 16.3 Å². The number of hydrogen-bond acceptors (Lipinski definition) is 5. The molecule has 0 fully saturated rings. The van der Waals surface area contributed by atoms with Crippen molar-refractivity contribution in [3.8, 4) is 5.75 Å². The predicted molar refractivity (Wildman–Crippen MR) is 125 cm³/mol. The van der Waals surface area contributed by atoms with Gasteiger partial charge in [0, 0.05) is 31.1 Å². The largest absolute Gasteiger partial charge is 0.478 e. The van der Waals surface area contributed by atoms with Crippen LogP contribution in [0.15, 0.2) is 42.5 Å². The highest BCUT2D eigenvalue weighted by Gasteiger charge is 2.32. The zero-order valence-corrected chi connectivity index (χ0v) is 19.7. The number of fused-ring (bicyclic) bond motifs is 1. The first kappa shape index (κ1) is 23.9. The summed E-state index contributed by atoms with van der Waals surface area (Å²) in [6.07, 6.45) is 0.253. The topological polar surface area (TPSA) is 96.0 Å². The number of anilines is 2. The third kappa shape index (κ3) is 5.16. The minimum absolute atomic E-state index is 0.0459. The molecule has 3 rings (SSSR count). The quantitative estimate of drug-likeness (QED) is 0.685. The molecule has 0 unspecified atom stereocenters. The molecule has 0 bridgehead atoms. The summed E-state index contributed by atoms with van der Waals surface area (Å²) in [4.78, 5) is 27.6. The van der Waals surface area contributed by atoms with E-state index < -0.39 is 22.0 Å². The number of nitrogens with one attached hydrogen (secondary N) is 1. The second-order valence-corrected chi connectivity index (χ2v) is 9.70. The summed E-state index contributed by atoms with van der Waals surface area (Å²) < 4.78 is 31.7. The molecule has 1 N–H and O–H groups in total. The highest BCUT2D eigenvalue weighted by atomic mass is 35.5. The van der Waals surface area contributed by atoms with Gasteiger partial charge in [0.15, 0.2) is 6.10 Å². The smallest absolute Gasteiger partial charge is 0.265 e. The van der Waals surface area contributed by atoms with Gasteiger partial charge in [-0.05, 0) is 44.2 Å². The number of carbonyl (C=O) groups excluding carboxylic acids is 2. The van der Waals surface area contributed by atoms with Gasteiger partial charge in [0.2, 0.25) is 10.0 Å². The highest BCUT2D eigenvalue weighted by molar-refractivity contribution is 7.92. The van der Waals surface area contributed by atoms with Crippen LogP contribution in [-0.2, 0) is 14.8 Å². The summed E-state index contributed by atoms with van der Waals surface area (Å²) in [6, 6.07) is 11.4. The fourth-order valence-corrected chi connectivity index (χ4v) is 4.66. The lowest BCUT2D eigenvalue weighted by atomic mass is 10.1. The van der Waals surface area contributed by atoms with E-state index in [0.717, 1.165) is 6.26 Å². The van der Waals surface area contributed by atoms with Crippen LogP contribution in [0.3, 0.4) is 0 Å². The number of benzene rings is 2. The Morgan fingerprint density at radius 2 is 1.88 bits per heavy atom. The van der Waals surface area contributed by atoms with E-state index in [2.05, 4.69) is 5.32 Å². The number of carbonyl (C=O) groups is 2. The average molecular weight is 480 g/mol. The molecule has 0 saturated carbocycles. The van der Waals surface area contributed by atoms with Crippen LogP contribution in [0.25, 0.3) is 0 Å². The van der Waals surface area contributed by atoms with Crippen LogP contribution in [0.4, 0.5) is 11.4 Å². The fourth-order valence-electron chi connectivity index (χ4n) is 3.55. The molecule has 0 radical (unpaired) electrons. The summed E-state index contributed by atoms with van der Waals surface area (Å²) >= 11 is 6.06. The molecule has 32 heavy (non-hydrogen) atoms. The number of rotatable bonds is 6. The molecule has 1 aliphatic rings. The summed E-state index contributed by atoms with van der Waals surface area (Å²) in [5.41, 5.74) is 1.04. The third-order valence-corrected chi connectivity index (χ3v) is 6.63. The minimum atomic E-state index is -3.61. The molecule has 0 spiro atoms. The zero-order chi connectivity index (χ0) is 23.5. The predicted octanol–water partition coefficient (Wildman–Crippen LogP) is 3.38. The van der Waals surface area contributed by atoms with Gasteiger partial charge in [0.1, 0.15) is 5.75 Å². The van der Waals surface area contributed by atoms with Crippen molar-refractivity contribution >= 4 is 44.8 Å². The molecular formula is C22H26ClN3O5S. The van der Waals surface area contributed by atoms with Gasteiger partial charge >= 0.3 is 0 Å². The van der Waals surface area contributed by atoms with Gasteiger partial charge < -0.3 is 15.0 Å². The summed E-state index contributed by atoms with van der Waals surface area (Å²) in [7, 11) is -3.61. The second-order valence-electron chi connectivity index (χ2n) is 7.35. The Morgan fingerprint density at radius 3 is 2.53 bits per heavy atom. The van der Waals surface area contributed by atoms with Crippen molar-refractivity contribution in [2.45, 2.75) is 26.4 Å². The van der Waals surface area contributed by atoms with Crippen molar-refractivity contribution in [1.29, 1.82) is 0 Å². The van der Waals surface area contributed by atoms with Gasteiger partial charge in [0.05, 0.1) is 23.2 Å².